The number of carbonyl (C=O) groups is 1. The molecule has 0 bridgehead atoms. The number of nitrogens with zero attached hydrogens (tertiary/aromatic N) is 2. The highest BCUT2D eigenvalue weighted by Gasteiger charge is 2.12. The van der Waals surface area contributed by atoms with E-state index < -0.39 is 0 Å². The van der Waals surface area contributed by atoms with Crippen LogP contribution in [0.5, 0.6) is 0 Å². The summed E-state index contributed by atoms with van der Waals surface area (Å²) in [5.74, 6) is -0.262. The number of anilines is 1. The molecule has 5 nitrogen and oxygen atoms in total. The van der Waals surface area contributed by atoms with E-state index in [0.717, 1.165) is 11.1 Å². The minimum atomic E-state index is -0.262. The Kier molecular flexibility index (Phi) is 6.29. The van der Waals surface area contributed by atoms with E-state index in [1.54, 1.807) is 28.8 Å². The van der Waals surface area contributed by atoms with Crippen molar-refractivity contribution in [2.75, 3.05) is 11.6 Å². The van der Waals surface area contributed by atoms with Crippen LogP contribution in [0.2, 0.25) is 0 Å². The van der Waals surface area contributed by atoms with Gasteiger partial charge in [-0.15, -0.1) is 0 Å². The summed E-state index contributed by atoms with van der Waals surface area (Å²) in [4.78, 5) is 30.2. The molecule has 1 N–H and O–H groups in total. The van der Waals surface area contributed by atoms with Crippen molar-refractivity contribution in [1.82, 2.24) is 9.55 Å². The summed E-state index contributed by atoms with van der Waals surface area (Å²) in [6, 6.07) is 24.6. The monoisotopic (exact) mass is 427 g/mol. The van der Waals surface area contributed by atoms with Crippen molar-refractivity contribution in [3.63, 3.8) is 0 Å². The molecule has 1 aromatic heterocycles. The van der Waals surface area contributed by atoms with E-state index in [1.165, 1.54) is 17.8 Å². The topological polar surface area (TPSA) is 64.0 Å². The predicted molar refractivity (Wildman–Crippen MR) is 127 cm³/mol. The largest absolute Gasteiger partial charge is 0.322 e. The molecule has 0 spiro atoms. The minimum absolute atomic E-state index is 0.130. The zero-order chi connectivity index (χ0) is 21.6. The van der Waals surface area contributed by atoms with Crippen LogP contribution < -0.4 is 10.9 Å². The Hall–Kier alpha value is -3.64. The van der Waals surface area contributed by atoms with Crippen LogP contribution in [-0.4, -0.2) is 21.7 Å². The Labute approximate surface area is 184 Å². The highest BCUT2D eigenvalue weighted by atomic mass is 32.2. The van der Waals surface area contributed by atoms with Crippen molar-refractivity contribution < 1.29 is 4.79 Å². The Morgan fingerprint density at radius 2 is 1.74 bits per heavy atom. The zero-order valence-corrected chi connectivity index (χ0v) is 17.8. The van der Waals surface area contributed by atoms with Gasteiger partial charge in [-0.3, -0.25) is 14.2 Å². The number of amides is 1. The van der Waals surface area contributed by atoms with E-state index in [4.69, 9.17) is 0 Å². The SMILES string of the molecule is CSc1nc2ccc(NC(=O)/C=C/c3ccccc3)cc2c(=O)n1Cc1ccccc1. The summed E-state index contributed by atoms with van der Waals surface area (Å²) < 4.78 is 1.67. The molecule has 6 heteroatoms. The van der Waals surface area contributed by atoms with Gasteiger partial charge >= 0.3 is 0 Å². The Bertz CT molecular complexity index is 1300. The van der Waals surface area contributed by atoms with Gasteiger partial charge in [0.25, 0.3) is 5.56 Å². The molecule has 4 rings (SSSR count). The average Bonchev–Trinajstić information content (AvgIpc) is 2.81. The summed E-state index contributed by atoms with van der Waals surface area (Å²) in [7, 11) is 0. The molecule has 1 amide bonds. The normalized spacial score (nSPS) is 11.1. The number of benzene rings is 3. The molecule has 3 aromatic carbocycles. The summed E-state index contributed by atoms with van der Waals surface area (Å²) in [5.41, 5.74) is 2.99. The Balaban J connectivity index is 1.63. The maximum atomic E-state index is 13.2. The molecular formula is C25H21N3O2S. The molecule has 0 unspecified atom stereocenters. The molecule has 0 atom stereocenters. The molecule has 0 saturated heterocycles. The van der Waals surface area contributed by atoms with E-state index in [2.05, 4.69) is 10.3 Å². The Morgan fingerprint density at radius 3 is 2.45 bits per heavy atom. The fourth-order valence-corrected chi connectivity index (χ4v) is 3.82. The lowest BCUT2D eigenvalue weighted by molar-refractivity contribution is -0.111. The van der Waals surface area contributed by atoms with E-state index in [0.29, 0.717) is 28.3 Å². The molecule has 1 heterocycles. The fraction of sp³-hybridized carbons (Fsp3) is 0.0800. The number of hydrogen-bond acceptors (Lipinski definition) is 4. The van der Waals surface area contributed by atoms with Crippen LogP contribution in [0.25, 0.3) is 17.0 Å². The van der Waals surface area contributed by atoms with Gasteiger partial charge in [-0.2, -0.15) is 0 Å². The van der Waals surface area contributed by atoms with E-state index in [-0.39, 0.29) is 11.5 Å². The van der Waals surface area contributed by atoms with Crippen LogP contribution in [0.4, 0.5) is 5.69 Å². The van der Waals surface area contributed by atoms with Gasteiger partial charge in [0.05, 0.1) is 17.4 Å². The van der Waals surface area contributed by atoms with Crippen LogP contribution in [0.1, 0.15) is 11.1 Å². The zero-order valence-electron chi connectivity index (χ0n) is 17.0. The van der Waals surface area contributed by atoms with Crippen molar-refractivity contribution in [3.05, 3.63) is 106 Å². The Morgan fingerprint density at radius 1 is 1.03 bits per heavy atom. The van der Waals surface area contributed by atoms with Crippen LogP contribution >= 0.6 is 11.8 Å². The molecular weight excluding hydrogens is 406 g/mol. The molecule has 0 fully saturated rings. The lowest BCUT2D eigenvalue weighted by atomic mass is 10.2. The molecule has 0 aliphatic carbocycles. The first-order valence-corrected chi connectivity index (χ1v) is 11.0. The average molecular weight is 428 g/mol. The smallest absolute Gasteiger partial charge is 0.262 e. The number of rotatable bonds is 6. The van der Waals surface area contributed by atoms with Crippen molar-refractivity contribution in [3.8, 4) is 0 Å². The fourth-order valence-electron chi connectivity index (χ4n) is 3.26. The predicted octanol–water partition coefficient (Wildman–Crippen LogP) is 4.82. The van der Waals surface area contributed by atoms with Crippen molar-refractivity contribution >= 4 is 40.3 Å². The third kappa shape index (κ3) is 4.92. The third-order valence-electron chi connectivity index (χ3n) is 4.78. The van der Waals surface area contributed by atoms with Crippen LogP contribution in [-0.2, 0) is 11.3 Å². The highest BCUT2D eigenvalue weighted by molar-refractivity contribution is 7.98. The van der Waals surface area contributed by atoms with Gasteiger partial charge in [-0.1, -0.05) is 72.4 Å². The molecule has 4 aromatic rings. The van der Waals surface area contributed by atoms with Gasteiger partial charge in [0.2, 0.25) is 5.91 Å². The first kappa shape index (κ1) is 20.6. The lowest BCUT2D eigenvalue weighted by Gasteiger charge is -2.12. The van der Waals surface area contributed by atoms with Crippen molar-refractivity contribution in [1.29, 1.82) is 0 Å². The maximum absolute atomic E-state index is 13.2. The number of thioether (sulfide) groups is 1. The first-order chi connectivity index (χ1) is 15.1. The standard InChI is InChI=1S/C25H21N3O2S/c1-31-25-27-22-14-13-20(26-23(29)15-12-18-8-4-2-5-9-18)16-21(22)24(30)28(25)17-19-10-6-3-7-11-19/h2-16H,17H2,1H3,(H,26,29)/b15-12+. The number of fused-ring (bicyclic) bond motifs is 1. The van der Waals surface area contributed by atoms with Crippen LogP contribution in [0.3, 0.4) is 0 Å². The maximum Gasteiger partial charge on any atom is 0.262 e. The van der Waals surface area contributed by atoms with Gasteiger partial charge in [0.15, 0.2) is 5.16 Å². The van der Waals surface area contributed by atoms with Gasteiger partial charge in [-0.25, -0.2) is 4.98 Å². The summed E-state index contributed by atoms with van der Waals surface area (Å²) in [5, 5.41) is 3.95. The molecule has 0 aliphatic rings. The van der Waals surface area contributed by atoms with Gasteiger partial charge in [0, 0.05) is 11.8 Å². The van der Waals surface area contributed by atoms with Gasteiger partial charge in [0.1, 0.15) is 0 Å². The van der Waals surface area contributed by atoms with Gasteiger partial charge < -0.3 is 5.32 Å². The lowest BCUT2D eigenvalue weighted by Crippen LogP contribution is -2.24. The molecule has 0 saturated carbocycles. The second kappa shape index (κ2) is 9.45. The van der Waals surface area contributed by atoms with E-state index in [9.17, 15) is 9.59 Å². The second-order valence-corrected chi connectivity index (χ2v) is 7.71. The quantitative estimate of drug-likeness (QED) is 0.272. The minimum Gasteiger partial charge on any atom is -0.322 e. The molecule has 154 valence electrons. The van der Waals surface area contributed by atoms with Crippen LogP contribution in [0.15, 0.2) is 94.9 Å². The third-order valence-corrected chi connectivity index (χ3v) is 5.46. The number of carbonyl (C=O) groups excluding carboxylic acids is 1. The summed E-state index contributed by atoms with van der Waals surface area (Å²) in [6.45, 7) is 0.440. The van der Waals surface area contributed by atoms with E-state index in [1.807, 2.05) is 66.9 Å². The van der Waals surface area contributed by atoms with Crippen LogP contribution in [0, 0.1) is 0 Å². The summed E-state index contributed by atoms with van der Waals surface area (Å²) >= 11 is 1.44. The molecule has 0 radical (unpaired) electrons. The number of aromatic nitrogens is 2. The highest BCUT2D eigenvalue weighted by Crippen LogP contribution is 2.20. The van der Waals surface area contributed by atoms with Crippen molar-refractivity contribution in [2.45, 2.75) is 11.7 Å². The van der Waals surface area contributed by atoms with Gasteiger partial charge in [-0.05, 0) is 41.7 Å². The van der Waals surface area contributed by atoms with Crippen molar-refractivity contribution in [2.24, 2.45) is 0 Å². The second-order valence-electron chi connectivity index (χ2n) is 6.94. The number of nitrogens with one attached hydrogen (secondary N) is 1. The summed E-state index contributed by atoms with van der Waals surface area (Å²) in [6.07, 6.45) is 5.13. The first-order valence-electron chi connectivity index (χ1n) is 9.80. The molecule has 31 heavy (non-hydrogen) atoms. The van der Waals surface area contributed by atoms with E-state index >= 15 is 0 Å². The number of hydrogen-bond donors (Lipinski definition) is 1. The molecule has 0 aliphatic heterocycles.